The van der Waals surface area contributed by atoms with Crippen molar-refractivity contribution in [2.24, 2.45) is 0 Å². The van der Waals surface area contributed by atoms with Crippen molar-refractivity contribution in [3.63, 3.8) is 0 Å². The van der Waals surface area contributed by atoms with Crippen LogP contribution in [-0.4, -0.2) is 11.1 Å². The van der Waals surface area contributed by atoms with E-state index in [2.05, 4.69) is 0 Å². The van der Waals surface area contributed by atoms with Crippen LogP contribution in [0.1, 0.15) is 24.0 Å². The van der Waals surface area contributed by atoms with Crippen LogP contribution in [0, 0.1) is 5.82 Å². The summed E-state index contributed by atoms with van der Waals surface area (Å²) in [7, 11) is 0. The molecule has 104 valence electrons. The minimum Gasteiger partial charge on any atom is -0.486 e. The average molecular weight is 274 g/mol. The molecule has 2 rings (SSSR count). The summed E-state index contributed by atoms with van der Waals surface area (Å²) in [5, 5.41) is 8.92. The smallest absolute Gasteiger partial charge is 0.310 e. The lowest BCUT2D eigenvalue weighted by Crippen LogP contribution is -2.07. The third kappa shape index (κ3) is 3.35. The summed E-state index contributed by atoms with van der Waals surface area (Å²) >= 11 is 0. The Hall–Kier alpha value is -2.36. The zero-order valence-electron chi connectivity index (χ0n) is 11.0. The van der Waals surface area contributed by atoms with Crippen molar-refractivity contribution in [3.05, 3.63) is 65.5 Å². The first-order valence-electron chi connectivity index (χ1n) is 6.27. The lowest BCUT2D eigenvalue weighted by Gasteiger charge is -2.09. The second-order valence-electron chi connectivity index (χ2n) is 4.52. The molecule has 0 saturated carbocycles. The summed E-state index contributed by atoms with van der Waals surface area (Å²) in [6.45, 7) is 1.87. The van der Waals surface area contributed by atoms with Crippen LogP contribution in [0.2, 0.25) is 0 Å². The maximum atomic E-state index is 13.4. The molecule has 1 unspecified atom stereocenters. The van der Waals surface area contributed by atoms with Crippen molar-refractivity contribution in [2.75, 3.05) is 0 Å². The number of carbonyl (C=O) groups is 1. The molecule has 0 amide bonds. The van der Waals surface area contributed by atoms with Crippen molar-refractivity contribution < 1.29 is 19.0 Å². The van der Waals surface area contributed by atoms with Gasteiger partial charge in [-0.1, -0.05) is 36.4 Å². The number of halogens is 1. The van der Waals surface area contributed by atoms with Gasteiger partial charge in [-0.25, -0.2) is 4.39 Å². The number of carboxylic acids is 1. The topological polar surface area (TPSA) is 46.5 Å². The minimum absolute atomic E-state index is 0.204. The highest BCUT2D eigenvalue weighted by Gasteiger charge is 2.13. The van der Waals surface area contributed by atoms with E-state index in [1.807, 2.05) is 0 Å². The monoisotopic (exact) mass is 274 g/mol. The number of benzene rings is 2. The highest BCUT2D eigenvalue weighted by molar-refractivity contribution is 5.75. The predicted octanol–water partition coefficient (Wildman–Crippen LogP) is 3.59. The molecule has 0 bridgehead atoms. The Morgan fingerprint density at radius 1 is 1.20 bits per heavy atom. The first-order chi connectivity index (χ1) is 9.58. The number of para-hydroxylation sites is 1. The number of carboxylic acid groups (broad SMARTS) is 1. The normalized spacial score (nSPS) is 11.9. The summed E-state index contributed by atoms with van der Waals surface area (Å²) in [5.74, 6) is -1.60. The highest BCUT2D eigenvalue weighted by atomic mass is 19.1. The second kappa shape index (κ2) is 6.19. The summed E-state index contributed by atoms with van der Waals surface area (Å²) in [6, 6.07) is 13.3. The third-order valence-electron chi connectivity index (χ3n) is 3.08. The summed E-state index contributed by atoms with van der Waals surface area (Å²) < 4.78 is 18.7. The zero-order chi connectivity index (χ0) is 14.5. The SMILES string of the molecule is CC(C(=O)O)c1ccc(COc2ccccc2F)cc1. The molecule has 0 aromatic heterocycles. The largest absolute Gasteiger partial charge is 0.486 e. The van der Waals surface area contributed by atoms with Crippen LogP contribution in [0.4, 0.5) is 4.39 Å². The van der Waals surface area contributed by atoms with E-state index in [9.17, 15) is 9.18 Å². The van der Waals surface area contributed by atoms with E-state index in [-0.39, 0.29) is 12.4 Å². The van der Waals surface area contributed by atoms with E-state index in [0.29, 0.717) is 0 Å². The molecule has 0 fully saturated rings. The molecule has 4 heteroatoms. The Morgan fingerprint density at radius 2 is 1.85 bits per heavy atom. The van der Waals surface area contributed by atoms with Gasteiger partial charge in [-0.05, 0) is 30.2 Å². The maximum Gasteiger partial charge on any atom is 0.310 e. The fraction of sp³-hybridized carbons (Fsp3) is 0.188. The predicted molar refractivity (Wildman–Crippen MR) is 73.2 cm³/mol. The Kier molecular flexibility index (Phi) is 4.35. The van der Waals surface area contributed by atoms with Crippen LogP contribution < -0.4 is 4.74 Å². The van der Waals surface area contributed by atoms with Crippen molar-refractivity contribution in [3.8, 4) is 5.75 Å². The van der Waals surface area contributed by atoms with Gasteiger partial charge >= 0.3 is 5.97 Å². The van der Waals surface area contributed by atoms with E-state index < -0.39 is 17.7 Å². The van der Waals surface area contributed by atoms with Crippen LogP contribution in [0.15, 0.2) is 48.5 Å². The molecule has 1 N–H and O–H groups in total. The summed E-state index contributed by atoms with van der Waals surface area (Å²) in [6.07, 6.45) is 0. The number of rotatable bonds is 5. The van der Waals surface area contributed by atoms with Gasteiger partial charge in [0.15, 0.2) is 11.6 Å². The molecule has 0 aliphatic rings. The van der Waals surface area contributed by atoms with Crippen LogP contribution >= 0.6 is 0 Å². The molecule has 2 aromatic carbocycles. The van der Waals surface area contributed by atoms with Gasteiger partial charge in [0.2, 0.25) is 0 Å². The van der Waals surface area contributed by atoms with Gasteiger partial charge in [0.25, 0.3) is 0 Å². The molecular formula is C16H15FO3. The lowest BCUT2D eigenvalue weighted by molar-refractivity contribution is -0.138. The van der Waals surface area contributed by atoms with Gasteiger partial charge in [0, 0.05) is 0 Å². The van der Waals surface area contributed by atoms with E-state index in [1.165, 1.54) is 6.07 Å². The molecule has 0 aliphatic carbocycles. The Labute approximate surface area is 116 Å². The maximum absolute atomic E-state index is 13.4. The molecule has 3 nitrogen and oxygen atoms in total. The average Bonchev–Trinajstić information content (AvgIpc) is 2.46. The van der Waals surface area contributed by atoms with E-state index in [4.69, 9.17) is 9.84 Å². The van der Waals surface area contributed by atoms with Gasteiger partial charge < -0.3 is 9.84 Å². The fourth-order valence-corrected chi connectivity index (χ4v) is 1.77. The van der Waals surface area contributed by atoms with Crippen molar-refractivity contribution in [1.29, 1.82) is 0 Å². The van der Waals surface area contributed by atoms with E-state index >= 15 is 0 Å². The van der Waals surface area contributed by atoms with Gasteiger partial charge in [-0.3, -0.25) is 4.79 Å². The summed E-state index contributed by atoms with van der Waals surface area (Å²) in [4.78, 5) is 10.9. The molecule has 1 atom stereocenters. The highest BCUT2D eigenvalue weighted by Crippen LogP contribution is 2.19. The molecule has 20 heavy (non-hydrogen) atoms. The molecule has 0 saturated heterocycles. The third-order valence-corrected chi connectivity index (χ3v) is 3.08. The van der Waals surface area contributed by atoms with Crippen molar-refractivity contribution >= 4 is 5.97 Å². The number of hydrogen-bond donors (Lipinski definition) is 1. The van der Waals surface area contributed by atoms with Crippen molar-refractivity contribution in [2.45, 2.75) is 19.4 Å². The standard InChI is InChI=1S/C16H15FO3/c1-11(16(18)19)13-8-6-12(7-9-13)10-20-15-5-3-2-4-14(15)17/h2-9,11H,10H2,1H3,(H,18,19). The van der Waals surface area contributed by atoms with Gasteiger partial charge in [0.05, 0.1) is 5.92 Å². The first kappa shape index (κ1) is 14.1. The number of hydrogen-bond acceptors (Lipinski definition) is 2. The van der Waals surface area contributed by atoms with Gasteiger partial charge in [-0.2, -0.15) is 0 Å². The Bertz CT molecular complexity index is 593. The molecule has 0 heterocycles. The van der Waals surface area contributed by atoms with Crippen LogP contribution in [0.25, 0.3) is 0 Å². The fourth-order valence-electron chi connectivity index (χ4n) is 1.77. The number of ether oxygens (including phenoxy) is 1. The summed E-state index contributed by atoms with van der Waals surface area (Å²) in [5.41, 5.74) is 1.58. The second-order valence-corrected chi connectivity index (χ2v) is 4.52. The Morgan fingerprint density at radius 3 is 2.45 bits per heavy atom. The molecule has 2 aromatic rings. The first-order valence-corrected chi connectivity index (χ1v) is 6.27. The van der Waals surface area contributed by atoms with Crippen LogP contribution in [0.5, 0.6) is 5.75 Å². The van der Waals surface area contributed by atoms with Gasteiger partial charge in [-0.15, -0.1) is 0 Å². The van der Waals surface area contributed by atoms with Crippen LogP contribution in [-0.2, 0) is 11.4 Å². The quantitative estimate of drug-likeness (QED) is 0.906. The minimum atomic E-state index is -0.861. The lowest BCUT2D eigenvalue weighted by atomic mass is 10.0. The van der Waals surface area contributed by atoms with E-state index in [1.54, 1.807) is 49.4 Å². The number of aliphatic carboxylic acids is 1. The zero-order valence-corrected chi connectivity index (χ0v) is 11.0. The molecular weight excluding hydrogens is 259 g/mol. The molecule has 0 radical (unpaired) electrons. The molecule has 0 aliphatic heterocycles. The Balaban J connectivity index is 2.01. The molecule has 0 spiro atoms. The van der Waals surface area contributed by atoms with E-state index in [0.717, 1.165) is 11.1 Å². The van der Waals surface area contributed by atoms with Crippen molar-refractivity contribution in [1.82, 2.24) is 0 Å². The van der Waals surface area contributed by atoms with Gasteiger partial charge in [0.1, 0.15) is 6.61 Å². The van der Waals surface area contributed by atoms with Crippen LogP contribution in [0.3, 0.4) is 0 Å².